The van der Waals surface area contributed by atoms with Crippen LogP contribution >= 0.6 is 0 Å². The Morgan fingerprint density at radius 2 is 1.76 bits per heavy atom. The number of hydrogen-bond acceptors (Lipinski definition) is 2. The lowest BCUT2D eigenvalue weighted by Crippen LogP contribution is -2.37. The Balaban J connectivity index is 1.75. The minimum absolute atomic E-state index is 0.668. The van der Waals surface area contributed by atoms with Crippen LogP contribution in [0.25, 0.3) is 0 Å². The molecule has 2 unspecified atom stereocenters. The van der Waals surface area contributed by atoms with Crippen LogP contribution < -0.4 is 5.32 Å². The molecule has 2 aliphatic heterocycles. The summed E-state index contributed by atoms with van der Waals surface area (Å²) in [5, 5.41) is 3.72. The van der Waals surface area contributed by atoms with Crippen molar-refractivity contribution in [3.63, 3.8) is 0 Å². The smallest absolute Gasteiger partial charge is 0.0469 e. The van der Waals surface area contributed by atoms with E-state index in [1.165, 1.54) is 31.4 Å². The van der Waals surface area contributed by atoms with Crippen molar-refractivity contribution in [1.29, 1.82) is 0 Å². The van der Waals surface area contributed by atoms with Gasteiger partial charge >= 0.3 is 0 Å². The molecule has 0 aromatic heterocycles. The number of ether oxygens (including phenoxy) is 1. The molecule has 17 heavy (non-hydrogen) atoms. The molecular weight excluding hydrogens is 210 g/mol. The summed E-state index contributed by atoms with van der Waals surface area (Å²) in [6.07, 6.45) is 3.73. The molecule has 2 heterocycles. The summed E-state index contributed by atoms with van der Waals surface area (Å²) < 4.78 is 5.47. The van der Waals surface area contributed by atoms with Gasteiger partial charge < -0.3 is 10.1 Å². The van der Waals surface area contributed by atoms with E-state index in [1.54, 1.807) is 0 Å². The first-order valence-corrected chi connectivity index (χ1v) is 6.81. The molecule has 2 aliphatic rings. The largest absolute Gasteiger partial charge is 0.381 e. The van der Waals surface area contributed by atoms with Gasteiger partial charge in [0.2, 0.25) is 0 Å². The number of benzene rings is 1. The fraction of sp³-hybridized carbons (Fsp3) is 0.600. The maximum atomic E-state index is 5.47. The van der Waals surface area contributed by atoms with Gasteiger partial charge in [0.25, 0.3) is 0 Å². The Bertz CT molecular complexity index is 345. The van der Waals surface area contributed by atoms with Crippen LogP contribution in [0.2, 0.25) is 0 Å². The average molecular weight is 231 g/mol. The van der Waals surface area contributed by atoms with E-state index in [9.17, 15) is 0 Å². The second-order valence-corrected chi connectivity index (χ2v) is 5.24. The monoisotopic (exact) mass is 231 g/mol. The third-order valence-electron chi connectivity index (χ3n) is 4.27. The fourth-order valence-electron chi connectivity index (χ4n) is 3.37. The number of hydrogen-bond donors (Lipinski definition) is 1. The highest BCUT2D eigenvalue weighted by Crippen LogP contribution is 2.35. The molecule has 3 rings (SSSR count). The first-order chi connectivity index (χ1) is 8.45. The molecule has 0 saturated carbocycles. The maximum absolute atomic E-state index is 5.47. The molecule has 1 aromatic carbocycles. The molecule has 92 valence electrons. The van der Waals surface area contributed by atoms with Crippen molar-refractivity contribution in [3.05, 3.63) is 35.9 Å². The van der Waals surface area contributed by atoms with E-state index in [0.29, 0.717) is 12.0 Å². The van der Waals surface area contributed by atoms with Gasteiger partial charge in [-0.05, 0) is 37.3 Å². The highest BCUT2D eigenvalue weighted by Gasteiger charge is 2.34. The molecule has 0 radical (unpaired) electrons. The van der Waals surface area contributed by atoms with Crippen molar-refractivity contribution >= 4 is 0 Å². The third kappa shape index (κ3) is 2.38. The SMILES string of the molecule is c1ccc(C2CCNC2C2CCOCC2)cc1. The Kier molecular flexibility index (Phi) is 3.44. The van der Waals surface area contributed by atoms with Crippen LogP contribution in [0.5, 0.6) is 0 Å². The topological polar surface area (TPSA) is 21.3 Å². The second kappa shape index (κ2) is 5.19. The van der Waals surface area contributed by atoms with Crippen molar-refractivity contribution in [1.82, 2.24) is 5.32 Å². The molecule has 1 N–H and O–H groups in total. The molecule has 2 atom stereocenters. The summed E-state index contributed by atoms with van der Waals surface area (Å²) in [7, 11) is 0. The summed E-state index contributed by atoms with van der Waals surface area (Å²) in [5.74, 6) is 1.51. The minimum atomic E-state index is 0.668. The Morgan fingerprint density at radius 3 is 2.53 bits per heavy atom. The highest BCUT2D eigenvalue weighted by atomic mass is 16.5. The van der Waals surface area contributed by atoms with Crippen LogP contribution in [0.1, 0.15) is 30.7 Å². The molecule has 0 bridgehead atoms. The molecular formula is C15H21NO. The maximum Gasteiger partial charge on any atom is 0.0469 e. The van der Waals surface area contributed by atoms with Crippen LogP contribution in [0, 0.1) is 5.92 Å². The van der Waals surface area contributed by atoms with E-state index in [2.05, 4.69) is 35.6 Å². The third-order valence-corrected chi connectivity index (χ3v) is 4.27. The lowest BCUT2D eigenvalue weighted by molar-refractivity contribution is 0.0541. The summed E-state index contributed by atoms with van der Waals surface area (Å²) in [4.78, 5) is 0. The fourth-order valence-corrected chi connectivity index (χ4v) is 3.37. The van der Waals surface area contributed by atoms with Crippen LogP contribution in [0.15, 0.2) is 30.3 Å². The molecule has 0 aliphatic carbocycles. The van der Waals surface area contributed by atoms with Gasteiger partial charge in [0.1, 0.15) is 0 Å². The zero-order valence-electron chi connectivity index (χ0n) is 10.3. The van der Waals surface area contributed by atoms with Crippen molar-refractivity contribution in [3.8, 4) is 0 Å². The molecule has 2 nitrogen and oxygen atoms in total. The zero-order chi connectivity index (χ0) is 11.5. The first-order valence-electron chi connectivity index (χ1n) is 6.81. The Labute approximate surface area is 103 Å². The standard InChI is InChI=1S/C15H21NO/c1-2-4-12(5-3-1)14-6-9-16-15(14)13-7-10-17-11-8-13/h1-5,13-16H,6-11H2. The summed E-state index contributed by atoms with van der Waals surface area (Å²) in [6.45, 7) is 3.07. The lowest BCUT2D eigenvalue weighted by Gasteiger charge is -2.31. The molecule has 2 heteroatoms. The number of nitrogens with one attached hydrogen (secondary N) is 1. The van der Waals surface area contributed by atoms with Crippen LogP contribution in [0.3, 0.4) is 0 Å². The van der Waals surface area contributed by atoms with Gasteiger partial charge in [-0.2, -0.15) is 0 Å². The number of rotatable bonds is 2. The Hall–Kier alpha value is -0.860. The molecule has 2 fully saturated rings. The lowest BCUT2D eigenvalue weighted by atomic mass is 9.81. The van der Waals surface area contributed by atoms with E-state index >= 15 is 0 Å². The van der Waals surface area contributed by atoms with Gasteiger partial charge in [0.15, 0.2) is 0 Å². The van der Waals surface area contributed by atoms with Crippen molar-refractivity contribution in [2.75, 3.05) is 19.8 Å². The van der Waals surface area contributed by atoms with Crippen molar-refractivity contribution < 1.29 is 4.74 Å². The normalized spacial score (nSPS) is 30.6. The van der Waals surface area contributed by atoms with Gasteiger partial charge in [0, 0.05) is 25.2 Å². The van der Waals surface area contributed by atoms with E-state index < -0.39 is 0 Å². The van der Waals surface area contributed by atoms with Crippen LogP contribution in [-0.2, 0) is 4.74 Å². The van der Waals surface area contributed by atoms with Gasteiger partial charge in [-0.15, -0.1) is 0 Å². The van der Waals surface area contributed by atoms with Gasteiger partial charge in [0.05, 0.1) is 0 Å². The van der Waals surface area contributed by atoms with Crippen molar-refractivity contribution in [2.45, 2.75) is 31.2 Å². The quantitative estimate of drug-likeness (QED) is 0.844. The van der Waals surface area contributed by atoms with Gasteiger partial charge in [-0.1, -0.05) is 30.3 Å². The van der Waals surface area contributed by atoms with Crippen molar-refractivity contribution in [2.24, 2.45) is 5.92 Å². The first kappa shape index (κ1) is 11.2. The predicted octanol–water partition coefficient (Wildman–Crippen LogP) is 2.56. The van der Waals surface area contributed by atoms with Gasteiger partial charge in [-0.25, -0.2) is 0 Å². The summed E-state index contributed by atoms with van der Waals surface area (Å²) in [6, 6.07) is 11.7. The minimum Gasteiger partial charge on any atom is -0.381 e. The predicted molar refractivity (Wildman–Crippen MR) is 69.1 cm³/mol. The van der Waals surface area contributed by atoms with E-state index in [0.717, 1.165) is 19.1 Å². The second-order valence-electron chi connectivity index (χ2n) is 5.24. The molecule has 2 saturated heterocycles. The Morgan fingerprint density at radius 1 is 1.00 bits per heavy atom. The summed E-state index contributed by atoms with van der Waals surface area (Å²) >= 11 is 0. The molecule has 1 aromatic rings. The van der Waals surface area contributed by atoms with Crippen LogP contribution in [0.4, 0.5) is 0 Å². The molecule has 0 spiro atoms. The van der Waals surface area contributed by atoms with Crippen LogP contribution in [-0.4, -0.2) is 25.8 Å². The van der Waals surface area contributed by atoms with E-state index in [4.69, 9.17) is 4.74 Å². The average Bonchev–Trinajstić information content (AvgIpc) is 2.90. The van der Waals surface area contributed by atoms with Gasteiger partial charge in [-0.3, -0.25) is 0 Å². The molecule has 0 amide bonds. The zero-order valence-corrected chi connectivity index (χ0v) is 10.3. The van der Waals surface area contributed by atoms with E-state index in [1.807, 2.05) is 0 Å². The highest BCUT2D eigenvalue weighted by molar-refractivity contribution is 5.23. The van der Waals surface area contributed by atoms with E-state index in [-0.39, 0.29) is 0 Å². The summed E-state index contributed by atoms with van der Waals surface area (Å²) in [5.41, 5.74) is 1.51.